The Balaban J connectivity index is 1.62. The molecular formula is C39H43Cl2N3O5S. The zero-order valence-electron chi connectivity index (χ0n) is 28.6. The highest BCUT2D eigenvalue weighted by atomic mass is 35.5. The van der Waals surface area contributed by atoms with Gasteiger partial charge >= 0.3 is 0 Å². The molecule has 0 aromatic heterocycles. The molecule has 0 bridgehead atoms. The van der Waals surface area contributed by atoms with Gasteiger partial charge in [-0.25, -0.2) is 8.42 Å². The molecular weight excluding hydrogens is 693 g/mol. The SMILES string of the molecule is COc1ccc(C)cc1N(CC(=O)N(Cc1ccc(Cl)cc1Cl)[C@@H](Cc1ccccc1)C(=O)NC1CCCCC1)S(=O)(=O)c1ccc(C)cc1. The number of hydrogen-bond acceptors (Lipinski definition) is 5. The molecule has 4 aromatic rings. The predicted molar refractivity (Wildman–Crippen MR) is 199 cm³/mol. The number of nitrogens with zero attached hydrogens (tertiary/aromatic N) is 2. The largest absolute Gasteiger partial charge is 0.495 e. The Morgan fingerprint density at radius 2 is 1.56 bits per heavy atom. The Morgan fingerprint density at radius 3 is 2.22 bits per heavy atom. The van der Waals surface area contributed by atoms with Crippen LogP contribution in [0.15, 0.2) is 95.9 Å². The van der Waals surface area contributed by atoms with E-state index in [1.54, 1.807) is 48.5 Å². The minimum Gasteiger partial charge on any atom is -0.495 e. The zero-order chi connectivity index (χ0) is 35.8. The van der Waals surface area contributed by atoms with Crippen molar-refractivity contribution in [3.8, 4) is 5.75 Å². The molecule has 50 heavy (non-hydrogen) atoms. The minimum atomic E-state index is -4.30. The number of anilines is 1. The van der Waals surface area contributed by atoms with Crippen LogP contribution in [-0.2, 0) is 32.6 Å². The molecule has 5 rings (SSSR count). The summed E-state index contributed by atoms with van der Waals surface area (Å²) in [7, 11) is -2.85. The van der Waals surface area contributed by atoms with Crippen molar-refractivity contribution in [2.24, 2.45) is 0 Å². The molecule has 0 saturated heterocycles. The van der Waals surface area contributed by atoms with Crippen LogP contribution in [0, 0.1) is 13.8 Å². The number of carbonyl (C=O) groups is 2. The van der Waals surface area contributed by atoms with Crippen molar-refractivity contribution >= 4 is 50.7 Å². The molecule has 8 nitrogen and oxygen atoms in total. The van der Waals surface area contributed by atoms with Gasteiger partial charge in [0.25, 0.3) is 10.0 Å². The van der Waals surface area contributed by atoms with E-state index < -0.39 is 28.5 Å². The van der Waals surface area contributed by atoms with Crippen LogP contribution in [0.4, 0.5) is 5.69 Å². The molecule has 4 aromatic carbocycles. The number of aryl methyl sites for hydroxylation is 2. The van der Waals surface area contributed by atoms with Gasteiger partial charge in [0.2, 0.25) is 11.8 Å². The molecule has 0 spiro atoms. The molecule has 2 amide bonds. The van der Waals surface area contributed by atoms with Crippen LogP contribution in [-0.4, -0.2) is 50.9 Å². The fourth-order valence-corrected chi connectivity index (χ4v) is 8.16. The third kappa shape index (κ3) is 9.19. The Morgan fingerprint density at radius 1 is 0.880 bits per heavy atom. The highest BCUT2D eigenvalue weighted by Gasteiger charge is 2.36. The molecule has 0 aliphatic heterocycles. The minimum absolute atomic E-state index is 0.0134. The fourth-order valence-electron chi connectivity index (χ4n) is 6.28. The lowest BCUT2D eigenvalue weighted by Gasteiger charge is -2.35. The first-order valence-corrected chi connectivity index (χ1v) is 19.0. The summed E-state index contributed by atoms with van der Waals surface area (Å²) in [5.74, 6) is -0.613. The van der Waals surface area contributed by atoms with Gasteiger partial charge in [-0.15, -0.1) is 0 Å². The van der Waals surface area contributed by atoms with E-state index in [1.807, 2.05) is 44.2 Å². The number of sulfonamides is 1. The summed E-state index contributed by atoms with van der Waals surface area (Å²) in [4.78, 5) is 30.7. The van der Waals surface area contributed by atoms with E-state index in [0.29, 0.717) is 15.6 Å². The monoisotopic (exact) mass is 735 g/mol. The van der Waals surface area contributed by atoms with Gasteiger partial charge in [0.1, 0.15) is 18.3 Å². The lowest BCUT2D eigenvalue weighted by atomic mass is 9.94. The van der Waals surface area contributed by atoms with E-state index >= 15 is 0 Å². The number of methoxy groups -OCH3 is 1. The molecule has 1 fully saturated rings. The summed E-state index contributed by atoms with van der Waals surface area (Å²) >= 11 is 12.9. The van der Waals surface area contributed by atoms with Crippen molar-refractivity contribution in [1.82, 2.24) is 10.2 Å². The van der Waals surface area contributed by atoms with Gasteiger partial charge in [0.05, 0.1) is 17.7 Å². The van der Waals surface area contributed by atoms with Gasteiger partial charge in [-0.05, 0) is 79.8 Å². The fraction of sp³-hybridized carbons (Fsp3) is 0.333. The van der Waals surface area contributed by atoms with Gasteiger partial charge in [-0.3, -0.25) is 13.9 Å². The van der Waals surface area contributed by atoms with Crippen molar-refractivity contribution in [2.45, 2.75) is 75.9 Å². The molecule has 0 radical (unpaired) electrons. The third-order valence-electron chi connectivity index (χ3n) is 9.07. The lowest BCUT2D eigenvalue weighted by Crippen LogP contribution is -2.55. The highest BCUT2D eigenvalue weighted by Crippen LogP contribution is 2.34. The van der Waals surface area contributed by atoms with Crippen molar-refractivity contribution in [3.63, 3.8) is 0 Å². The van der Waals surface area contributed by atoms with E-state index in [1.165, 1.54) is 24.1 Å². The summed E-state index contributed by atoms with van der Waals surface area (Å²) in [6.45, 7) is 3.03. The molecule has 264 valence electrons. The van der Waals surface area contributed by atoms with Gasteiger partial charge in [0.15, 0.2) is 0 Å². The lowest BCUT2D eigenvalue weighted by molar-refractivity contribution is -0.140. The van der Waals surface area contributed by atoms with Gasteiger partial charge in [-0.1, -0.05) is 103 Å². The first kappa shape index (κ1) is 37.2. The number of nitrogens with one attached hydrogen (secondary N) is 1. The quantitative estimate of drug-likeness (QED) is 0.151. The number of halogens is 2. The molecule has 1 aliphatic carbocycles. The maximum Gasteiger partial charge on any atom is 0.264 e. The maximum absolute atomic E-state index is 14.9. The smallest absolute Gasteiger partial charge is 0.264 e. The number of benzene rings is 4. The average Bonchev–Trinajstić information content (AvgIpc) is 3.10. The molecule has 1 N–H and O–H groups in total. The first-order chi connectivity index (χ1) is 24.0. The molecule has 0 unspecified atom stereocenters. The third-order valence-corrected chi connectivity index (χ3v) is 11.4. The van der Waals surface area contributed by atoms with E-state index in [9.17, 15) is 18.0 Å². The van der Waals surface area contributed by atoms with Crippen LogP contribution >= 0.6 is 23.2 Å². The second-order valence-electron chi connectivity index (χ2n) is 12.8. The summed E-state index contributed by atoms with van der Waals surface area (Å²) in [6, 6.07) is 25.1. The number of rotatable bonds is 13. The Bertz CT molecular complexity index is 1900. The van der Waals surface area contributed by atoms with E-state index in [-0.39, 0.29) is 41.2 Å². The van der Waals surface area contributed by atoms with Crippen LogP contribution in [0.2, 0.25) is 10.0 Å². The van der Waals surface area contributed by atoms with Crippen molar-refractivity contribution in [2.75, 3.05) is 18.0 Å². The van der Waals surface area contributed by atoms with Crippen molar-refractivity contribution < 1.29 is 22.7 Å². The van der Waals surface area contributed by atoms with Crippen LogP contribution < -0.4 is 14.4 Å². The molecule has 1 saturated carbocycles. The topological polar surface area (TPSA) is 96.0 Å². The molecule has 11 heteroatoms. The van der Waals surface area contributed by atoms with Crippen LogP contribution in [0.1, 0.15) is 54.4 Å². The van der Waals surface area contributed by atoms with Gasteiger partial charge in [-0.2, -0.15) is 0 Å². The Hall–Kier alpha value is -4.05. The number of hydrogen-bond donors (Lipinski definition) is 1. The first-order valence-electron chi connectivity index (χ1n) is 16.8. The maximum atomic E-state index is 14.9. The van der Waals surface area contributed by atoms with E-state index in [2.05, 4.69) is 5.32 Å². The number of amides is 2. The van der Waals surface area contributed by atoms with Gasteiger partial charge in [0, 0.05) is 29.1 Å². The summed E-state index contributed by atoms with van der Waals surface area (Å²) in [6.07, 6.45) is 5.07. The van der Waals surface area contributed by atoms with Crippen LogP contribution in [0.5, 0.6) is 5.75 Å². The number of ether oxygens (including phenoxy) is 1. The summed E-state index contributed by atoms with van der Waals surface area (Å²) < 4.78 is 35.6. The highest BCUT2D eigenvalue weighted by molar-refractivity contribution is 7.92. The van der Waals surface area contributed by atoms with Crippen LogP contribution in [0.3, 0.4) is 0 Å². The van der Waals surface area contributed by atoms with Gasteiger partial charge < -0.3 is 15.0 Å². The zero-order valence-corrected chi connectivity index (χ0v) is 30.9. The predicted octanol–water partition coefficient (Wildman–Crippen LogP) is 7.90. The Kier molecular flexibility index (Phi) is 12.5. The van der Waals surface area contributed by atoms with E-state index in [4.69, 9.17) is 27.9 Å². The molecule has 1 aliphatic rings. The van der Waals surface area contributed by atoms with Crippen LogP contribution in [0.25, 0.3) is 0 Å². The molecule has 0 heterocycles. The standard InChI is InChI=1S/C39H43Cl2N3O5S/c1-27-14-19-33(20-15-27)50(47,48)44(35-22-28(2)16-21-37(35)49-3)26-38(45)43(25-30-17-18-31(40)24-34(30)41)36(23-29-10-6-4-7-11-29)39(46)42-32-12-8-5-9-13-32/h4,6-7,10-11,14-22,24,32,36H,5,8-9,12-13,23,25-26H2,1-3H3,(H,42,46)/t36-/m0/s1. The number of carbonyl (C=O) groups excluding carboxylic acids is 2. The average molecular weight is 737 g/mol. The second-order valence-corrected chi connectivity index (χ2v) is 15.5. The normalized spacial score (nSPS) is 14.1. The van der Waals surface area contributed by atoms with Crippen molar-refractivity contribution in [1.29, 1.82) is 0 Å². The second kappa shape index (κ2) is 16.8. The molecule has 1 atom stereocenters. The van der Waals surface area contributed by atoms with Crippen molar-refractivity contribution in [3.05, 3.63) is 123 Å². The van der Waals surface area contributed by atoms with E-state index in [0.717, 1.165) is 53.1 Å². The summed E-state index contributed by atoms with van der Waals surface area (Å²) in [5.41, 5.74) is 3.28. The summed E-state index contributed by atoms with van der Waals surface area (Å²) in [5, 5.41) is 3.97. The Labute approximate surface area is 305 Å².